The molecule has 1 aliphatic rings. The zero-order valence-electron chi connectivity index (χ0n) is 23.4. The van der Waals surface area contributed by atoms with E-state index in [-0.39, 0.29) is 35.3 Å². The number of piperidine rings is 1. The number of benzene rings is 2. The van der Waals surface area contributed by atoms with Crippen LogP contribution in [0.25, 0.3) is 0 Å². The molecule has 0 saturated carbocycles. The third-order valence-electron chi connectivity index (χ3n) is 6.57. The molecule has 0 bridgehead atoms. The molecule has 15 heteroatoms. The Morgan fingerprint density at radius 2 is 1.72 bits per heavy atom. The molecule has 228 valence electrons. The van der Waals surface area contributed by atoms with Gasteiger partial charge in [0.2, 0.25) is 15.9 Å². The Hall–Kier alpha value is -4.47. The number of hydrogen-bond donors (Lipinski definition) is 4. The summed E-state index contributed by atoms with van der Waals surface area (Å²) in [6.45, 7) is 0.821. The molecule has 1 aliphatic heterocycles. The molecule has 4 rings (SSSR count). The highest BCUT2D eigenvalue weighted by Gasteiger charge is 2.31. The number of likely N-dealkylation sites (N-methyl/N-ethyl adjacent to an activating group) is 1. The molecule has 0 radical (unpaired) electrons. The first-order chi connectivity index (χ1) is 20.5. The van der Waals surface area contributed by atoms with Crippen molar-refractivity contribution < 1.29 is 31.6 Å². The van der Waals surface area contributed by atoms with E-state index in [4.69, 9.17) is 0 Å². The van der Waals surface area contributed by atoms with Gasteiger partial charge in [-0.05, 0) is 57.3 Å². The summed E-state index contributed by atoms with van der Waals surface area (Å²) < 4.78 is 55.9. The number of carbonyl (C=O) groups is 3. The van der Waals surface area contributed by atoms with Gasteiger partial charge in [0.25, 0.3) is 11.8 Å². The minimum Gasteiger partial charge on any atom is -0.348 e. The molecule has 2 heterocycles. The van der Waals surface area contributed by atoms with Gasteiger partial charge in [-0.2, -0.15) is 9.40 Å². The molecular formula is C28H31F2N7O5S. The number of H-pyrrole nitrogens is 1. The Morgan fingerprint density at radius 3 is 2.40 bits per heavy atom. The lowest BCUT2D eigenvalue weighted by atomic mass is 10.1. The summed E-state index contributed by atoms with van der Waals surface area (Å²) in [4.78, 5) is 39.4. The lowest BCUT2D eigenvalue weighted by molar-refractivity contribution is -0.111. The summed E-state index contributed by atoms with van der Waals surface area (Å²) in [6.07, 6.45) is 4.80. The number of amides is 3. The Kier molecular flexibility index (Phi) is 10.0. The van der Waals surface area contributed by atoms with Gasteiger partial charge in [-0.1, -0.05) is 18.2 Å². The molecule has 3 aromatic rings. The fraction of sp³-hybridized carbons (Fsp3) is 0.286. The molecule has 4 N–H and O–H groups in total. The Balaban J connectivity index is 1.34. The second-order valence-corrected chi connectivity index (χ2v) is 12.0. The van der Waals surface area contributed by atoms with Crippen molar-refractivity contribution in [3.63, 3.8) is 0 Å². The highest BCUT2D eigenvalue weighted by molar-refractivity contribution is 7.89. The van der Waals surface area contributed by atoms with Gasteiger partial charge in [-0.3, -0.25) is 19.5 Å². The molecule has 1 aromatic heterocycles. The van der Waals surface area contributed by atoms with Gasteiger partial charge >= 0.3 is 0 Å². The first kappa shape index (κ1) is 31.5. The average Bonchev–Trinajstić information content (AvgIpc) is 3.41. The van der Waals surface area contributed by atoms with E-state index in [1.165, 1.54) is 22.5 Å². The molecule has 2 aromatic carbocycles. The molecular weight excluding hydrogens is 584 g/mol. The standard InChI is InChI=1S/C28H31F2N7O5S/c1-36(2)13-5-10-24(38)32-19-6-3-7-20(16-19)43(41,42)37-14-11-18(12-15-37)33-28(40)26-23(17-31-35-26)34-27(39)25-21(29)8-4-9-22(25)30/h3-10,16-18H,11-15H2,1-2H3,(H,31,35)(H,32,38)(H,33,40)(H,34,39). The number of aromatic nitrogens is 2. The summed E-state index contributed by atoms with van der Waals surface area (Å²) in [5.41, 5.74) is -0.669. The van der Waals surface area contributed by atoms with E-state index in [0.717, 1.165) is 24.4 Å². The third-order valence-corrected chi connectivity index (χ3v) is 8.47. The molecule has 1 saturated heterocycles. The maximum Gasteiger partial charge on any atom is 0.271 e. The molecule has 0 unspecified atom stereocenters. The summed E-state index contributed by atoms with van der Waals surface area (Å²) in [7, 11) is -0.144. The third kappa shape index (κ3) is 7.88. The number of carbonyl (C=O) groups excluding carboxylic acids is 3. The Morgan fingerprint density at radius 1 is 1.05 bits per heavy atom. The minimum atomic E-state index is -3.88. The van der Waals surface area contributed by atoms with E-state index in [9.17, 15) is 31.6 Å². The highest BCUT2D eigenvalue weighted by atomic mass is 32.2. The van der Waals surface area contributed by atoms with E-state index in [2.05, 4.69) is 26.1 Å². The van der Waals surface area contributed by atoms with Crippen molar-refractivity contribution in [1.82, 2.24) is 24.7 Å². The van der Waals surface area contributed by atoms with Crippen LogP contribution >= 0.6 is 0 Å². The number of aromatic amines is 1. The monoisotopic (exact) mass is 615 g/mol. The van der Waals surface area contributed by atoms with E-state index in [0.29, 0.717) is 25.1 Å². The van der Waals surface area contributed by atoms with Crippen molar-refractivity contribution in [1.29, 1.82) is 0 Å². The van der Waals surface area contributed by atoms with Crippen LogP contribution in [0.15, 0.2) is 65.7 Å². The number of nitrogens with one attached hydrogen (secondary N) is 4. The lowest BCUT2D eigenvalue weighted by Gasteiger charge is -2.31. The van der Waals surface area contributed by atoms with Crippen molar-refractivity contribution in [2.45, 2.75) is 23.8 Å². The first-order valence-electron chi connectivity index (χ1n) is 13.3. The summed E-state index contributed by atoms with van der Waals surface area (Å²) in [5, 5.41) is 13.9. The second kappa shape index (κ2) is 13.7. The van der Waals surface area contributed by atoms with Gasteiger partial charge in [-0.15, -0.1) is 0 Å². The van der Waals surface area contributed by atoms with Crippen LogP contribution in [0.2, 0.25) is 0 Å². The number of halogens is 2. The van der Waals surface area contributed by atoms with Crippen LogP contribution in [0.3, 0.4) is 0 Å². The van der Waals surface area contributed by atoms with Crippen LogP contribution < -0.4 is 16.0 Å². The van der Waals surface area contributed by atoms with Crippen LogP contribution in [-0.2, 0) is 14.8 Å². The summed E-state index contributed by atoms with van der Waals surface area (Å²) >= 11 is 0. The van der Waals surface area contributed by atoms with Gasteiger partial charge in [-0.25, -0.2) is 17.2 Å². The van der Waals surface area contributed by atoms with Gasteiger partial charge in [0.15, 0.2) is 0 Å². The zero-order chi connectivity index (χ0) is 31.1. The molecule has 43 heavy (non-hydrogen) atoms. The van der Waals surface area contributed by atoms with E-state index >= 15 is 0 Å². The number of rotatable bonds is 10. The summed E-state index contributed by atoms with van der Waals surface area (Å²) in [6, 6.07) is 8.58. The molecule has 0 aliphatic carbocycles. The van der Waals surface area contributed by atoms with Crippen molar-refractivity contribution in [3.8, 4) is 0 Å². The molecule has 12 nitrogen and oxygen atoms in total. The maximum atomic E-state index is 14.0. The number of nitrogens with zero attached hydrogens (tertiary/aromatic N) is 3. The number of hydrogen-bond acceptors (Lipinski definition) is 7. The van der Waals surface area contributed by atoms with E-state index in [1.807, 2.05) is 19.0 Å². The van der Waals surface area contributed by atoms with Gasteiger partial charge in [0.1, 0.15) is 22.9 Å². The van der Waals surface area contributed by atoms with Crippen molar-refractivity contribution in [2.75, 3.05) is 44.4 Å². The van der Waals surface area contributed by atoms with Crippen molar-refractivity contribution >= 4 is 39.1 Å². The molecule has 3 amide bonds. The molecule has 0 spiro atoms. The maximum absolute atomic E-state index is 14.0. The van der Waals surface area contributed by atoms with E-state index in [1.54, 1.807) is 18.2 Å². The number of sulfonamides is 1. The fourth-order valence-corrected chi connectivity index (χ4v) is 5.91. The quantitative estimate of drug-likeness (QED) is 0.256. The molecule has 1 fully saturated rings. The van der Waals surface area contributed by atoms with Crippen molar-refractivity contribution in [3.05, 3.63) is 83.7 Å². The topological polar surface area (TPSA) is 157 Å². The SMILES string of the molecule is CN(C)CC=CC(=O)Nc1cccc(S(=O)(=O)N2CCC(NC(=O)c3[nH]ncc3NC(=O)c3c(F)cccc3F)CC2)c1. The van der Waals surface area contributed by atoms with Crippen molar-refractivity contribution in [2.24, 2.45) is 0 Å². The Bertz CT molecular complexity index is 1610. The lowest BCUT2D eigenvalue weighted by Crippen LogP contribution is -2.46. The van der Waals surface area contributed by atoms with Crippen LogP contribution in [0.1, 0.15) is 33.7 Å². The Labute approximate surface area is 247 Å². The average molecular weight is 616 g/mol. The van der Waals surface area contributed by atoms with Gasteiger partial charge in [0.05, 0.1) is 16.8 Å². The normalized spacial score (nSPS) is 14.6. The minimum absolute atomic E-state index is 0.0224. The zero-order valence-corrected chi connectivity index (χ0v) is 24.2. The van der Waals surface area contributed by atoms with Gasteiger partial charge in [0, 0.05) is 37.4 Å². The van der Waals surface area contributed by atoms with Crippen LogP contribution in [0.5, 0.6) is 0 Å². The smallest absolute Gasteiger partial charge is 0.271 e. The largest absolute Gasteiger partial charge is 0.348 e. The van der Waals surface area contributed by atoms with Crippen LogP contribution in [0, 0.1) is 11.6 Å². The first-order valence-corrected chi connectivity index (χ1v) is 14.7. The predicted molar refractivity (Wildman–Crippen MR) is 155 cm³/mol. The number of anilines is 2. The predicted octanol–water partition coefficient (Wildman–Crippen LogP) is 2.58. The summed E-state index contributed by atoms with van der Waals surface area (Å²) in [5.74, 6) is -4.22. The fourth-order valence-electron chi connectivity index (χ4n) is 4.39. The van der Waals surface area contributed by atoms with Crippen LogP contribution in [-0.4, -0.2) is 85.3 Å². The van der Waals surface area contributed by atoms with Crippen LogP contribution in [0.4, 0.5) is 20.2 Å². The second-order valence-electron chi connectivity index (χ2n) is 10.0. The van der Waals surface area contributed by atoms with Gasteiger partial charge < -0.3 is 20.9 Å². The molecule has 0 atom stereocenters. The van der Waals surface area contributed by atoms with E-state index < -0.39 is 45.1 Å². The highest BCUT2D eigenvalue weighted by Crippen LogP contribution is 2.24.